The largest absolute Gasteiger partial charge is 0.480 e. The fourth-order valence-electron chi connectivity index (χ4n) is 2.01. The van der Waals surface area contributed by atoms with Crippen LogP contribution >= 0.6 is 0 Å². The van der Waals surface area contributed by atoms with Crippen LogP contribution in [0.4, 0.5) is 4.79 Å². The summed E-state index contributed by atoms with van der Waals surface area (Å²) in [6.45, 7) is 6.83. The minimum absolute atomic E-state index is 0.181. The molecule has 1 fully saturated rings. The first-order valence-electron chi connectivity index (χ1n) is 6.55. The van der Waals surface area contributed by atoms with Crippen LogP contribution in [0, 0.1) is 5.92 Å². The highest BCUT2D eigenvalue weighted by Crippen LogP contribution is 2.19. The zero-order chi connectivity index (χ0) is 14.5. The normalized spacial score (nSPS) is 20.2. The van der Waals surface area contributed by atoms with Gasteiger partial charge in [-0.05, 0) is 33.6 Å². The molecule has 1 aliphatic heterocycles. The maximum absolute atomic E-state index is 11.9. The van der Waals surface area contributed by atoms with Gasteiger partial charge in [-0.1, -0.05) is 0 Å². The molecular formula is C13H23NO5. The van der Waals surface area contributed by atoms with Gasteiger partial charge in [0.2, 0.25) is 0 Å². The lowest BCUT2D eigenvalue weighted by molar-refractivity contribution is -0.142. The molecule has 19 heavy (non-hydrogen) atoms. The van der Waals surface area contributed by atoms with Crippen molar-refractivity contribution in [2.24, 2.45) is 5.92 Å². The van der Waals surface area contributed by atoms with Crippen molar-refractivity contribution in [3.8, 4) is 0 Å². The van der Waals surface area contributed by atoms with E-state index < -0.39 is 11.6 Å². The number of hydrogen-bond acceptors (Lipinski definition) is 4. The Morgan fingerprint density at radius 2 is 2.05 bits per heavy atom. The number of carbonyl (C=O) groups is 2. The molecule has 0 aromatic rings. The third-order valence-corrected chi connectivity index (χ3v) is 2.75. The Kier molecular flexibility index (Phi) is 5.60. The molecule has 0 aliphatic carbocycles. The van der Waals surface area contributed by atoms with Crippen LogP contribution in [0.5, 0.6) is 0 Å². The van der Waals surface area contributed by atoms with Gasteiger partial charge < -0.3 is 19.5 Å². The highest BCUT2D eigenvalue weighted by Gasteiger charge is 2.27. The maximum Gasteiger partial charge on any atom is 0.410 e. The van der Waals surface area contributed by atoms with Gasteiger partial charge in [0, 0.05) is 19.0 Å². The molecular weight excluding hydrogens is 250 g/mol. The van der Waals surface area contributed by atoms with E-state index in [4.69, 9.17) is 14.6 Å². The van der Waals surface area contributed by atoms with E-state index in [-0.39, 0.29) is 18.6 Å². The quantitative estimate of drug-likeness (QED) is 0.844. The van der Waals surface area contributed by atoms with Crippen LogP contribution in [-0.2, 0) is 14.3 Å². The third kappa shape index (κ3) is 6.42. The van der Waals surface area contributed by atoms with Crippen molar-refractivity contribution in [1.82, 2.24) is 4.90 Å². The molecule has 0 bridgehead atoms. The standard InChI is InChI=1S/C13H23NO5/c1-13(2,3)19-12(17)14-6-4-5-10(7-14)8-18-9-11(15)16/h10H,4-9H2,1-3H3,(H,15,16)/t10-/m0/s1. The molecule has 1 saturated heterocycles. The van der Waals surface area contributed by atoms with Gasteiger partial charge in [-0.2, -0.15) is 0 Å². The Labute approximate surface area is 113 Å². The number of hydrogen-bond donors (Lipinski definition) is 1. The number of carboxylic acid groups (broad SMARTS) is 1. The van der Waals surface area contributed by atoms with Crippen molar-refractivity contribution in [3.05, 3.63) is 0 Å². The lowest BCUT2D eigenvalue weighted by atomic mass is 9.99. The predicted molar refractivity (Wildman–Crippen MR) is 69.0 cm³/mol. The molecule has 1 aliphatic rings. The maximum atomic E-state index is 11.9. The van der Waals surface area contributed by atoms with Crippen molar-refractivity contribution in [1.29, 1.82) is 0 Å². The van der Waals surface area contributed by atoms with Crippen molar-refractivity contribution >= 4 is 12.1 Å². The Hall–Kier alpha value is -1.30. The second kappa shape index (κ2) is 6.75. The molecule has 1 heterocycles. The van der Waals surface area contributed by atoms with Crippen molar-refractivity contribution < 1.29 is 24.2 Å². The Morgan fingerprint density at radius 1 is 1.37 bits per heavy atom. The number of amides is 1. The van der Waals surface area contributed by atoms with E-state index in [1.165, 1.54) is 0 Å². The molecule has 6 nitrogen and oxygen atoms in total. The second-order valence-corrected chi connectivity index (χ2v) is 5.84. The second-order valence-electron chi connectivity index (χ2n) is 5.84. The van der Waals surface area contributed by atoms with E-state index in [1.807, 2.05) is 20.8 Å². The fraction of sp³-hybridized carbons (Fsp3) is 0.846. The molecule has 1 atom stereocenters. The molecule has 1 rings (SSSR count). The van der Waals surface area contributed by atoms with Crippen LogP contribution in [0.2, 0.25) is 0 Å². The number of rotatable bonds is 4. The van der Waals surface area contributed by atoms with E-state index in [0.717, 1.165) is 12.8 Å². The van der Waals surface area contributed by atoms with Crippen LogP contribution in [0.25, 0.3) is 0 Å². The third-order valence-electron chi connectivity index (χ3n) is 2.75. The van der Waals surface area contributed by atoms with E-state index in [9.17, 15) is 9.59 Å². The monoisotopic (exact) mass is 273 g/mol. The summed E-state index contributed by atoms with van der Waals surface area (Å²) in [5, 5.41) is 8.50. The molecule has 0 radical (unpaired) electrons. The summed E-state index contributed by atoms with van der Waals surface area (Å²) in [5.74, 6) is -0.791. The summed E-state index contributed by atoms with van der Waals surface area (Å²) in [6.07, 6.45) is 1.52. The van der Waals surface area contributed by atoms with Gasteiger partial charge in [0.15, 0.2) is 0 Å². The topological polar surface area (TPSA) is 76.1 Å². The first kappa shape index (κ1) is 15.8. The highest BCUT2D eigenvalue weighted by molar-refractivity contribution is 5.68. The number of ether oxygens (including phenoxy) is 2. The van der Waals surface area contributed by atoms with E-state index in [2.05, 4.69) is 0 Å². The van der Waals surface area contributed by atoms with Crippen molar-refractivity contribution in [2.75, 3.05) is 26.3 Å². The van der Waals surface area contributed by atoms with Gasteiger partial charge in [-0.25, -0.2) is 9.59 Å². The van der Waals surface area contributed by atoms with Crippen LogP contribution in [0.15, 0.2) is 0 Å². The van der Waals surface area contributed by atoms with Gasteiger partial charge in [-0.15, -0.1) is 0 Å². The first-order valence-corrected chi connectivity index (χ1v) is 6.55. The summed E-state index contributed by atoms with van der Waals surface area (Å²) in [4.78, 5) is 23.9. The minimum Gasteiger partial charge on any atom is -0.480 e. The van der Waals surface area contributed by atoms with Crippen LogP contribution in [-0.4, -0.2) is 54.0 Å². The van der Waals surface area contributed by atoms with Gasteiger partial charge >= 0.3 is 12.1 Å². The van der Waals surface area contributed by atoms with Gasteiger partial charge in [0.25, 0.3) is 0 Å². The summed E-state index contributed by atoms with van der Waals surface area (Å²) < 4.78 is 10.4. The Balaban J connectivity index is 2.37. The number of aliphatic carboxylic acids is 1. The highest BCUT2D eigenvalue weighted by atomic mass is 16.6. The molecule has 1 N–H and O–H groups in total. The van der Waals surface area contributed by atoms with E-state index in [0.29, 0.717) is 19.7 Å². The molecule has 6 heteroatoms. The van der Waals surface area contributed by atoms with Gasteiger partial charge in [0.1, 0.15) is 12.2 Å². The number of carboxylic acids is 1. The van der Waals surface area contributed by atoms with Crippen LogP contribution in [0.1, 0.15) is 33.6 Å². The predicted octanol–water partition coefficient (Wildman–Crippen LogP) is 1.73. The zero-order valence-electron chi connectivity index (χ0n) is 11.8. The number of piperidine rings is 1. The minimum atomic E-state index is -0.972. The smallest absolute Gasteiger partial charge is 0.410 e. The van der Waals surface area contributed by atoms with Crippen LogP contribution < -0.4 is 0 Å². The SMILES string of the molecule is CC(C)(C)OC(=O)N1CCC[C@H](COCC(=O)O)C1. The summed E-state index contributed by atoms with van der Waals surface area (Å²) >= 11 is 0. The van der Waals surface area contributed by atoms with Gasteiger partial charge in [0.05, 0.1) is 6.61 Å². The zero-order valence-corrected chi connectivity index (χ0v) is 11.8. The van der Waals surface area contributed by atoms with Crippen LogP contribution in [0.3, 0.4) is 0 Å². The number of nitrogens with zero attached hydrogens (tertiary/aromatic N) is 1. The number of likely N-dealkylation sites (tertiary alicyclic amines) is 1. The lowest BCUT2D eigenvalue weighted by Gasteiger charge is -2.33. The molecule has 0 spiro atoms. The van der Waals surface area contributed by atoms with Crippen molar-refractivity contribution in [2.45, 2.75) is 39.2 Å². The average Bonchev–Trinajstić information content (AvgIpc) is 2.26. The summed E-state index contributed by atoms with van der Waals surface area (Å²) in [5.41, 5.74) is -0.496. The molecule has 0 aromatic carbocycles. The Bertz CT molecular complexity index is 323. The fourth-order valence-corrected chi connectivity index (χ4v) is 2.01. The number of carbonyl (C=O) groups excluding carboxylic acids is 1. The molecule has 0 unspecified atom stereocenters. The lowest BCUT2D eigenvalue weighted by Crippen LogP contribution is -2.43. The summed E-state index contributed by atoms with van der Waals surface area (Å²) in [6, 6.07) is 0. The molecule has 0 saturated carbocycles. The van der Waals surface area contributed by atoms with Gasteiger partial charge in [-0.3, -0.25) is 0 Å². The molecule has 110 valence electrons. The van der Waals surface area contributed by atoms with E-state index in [1.54, 1.807) is 4.90 Å². The van der Waals surface area contributed by atoms with E-state index >= 15 is 0 Å². The molecule has 1 amide bonds. The van der Waals surface area contributed by atoms with Crippen molar-refractivity contribution in [3.63, 3.8) is 0 Å². The first-order chi connectivity index (χ1) is 8.78. The molecule has 0 aromatic heterocycles. The summed E-state index contributed by atoms with van der Waals surface area (Å²) in [7, 11) is 0. The Morgan fingerprint density at radius 3 is 2.63 bits per heavy atom. The average molecular weight is 273 g/mol.